The number of fused-ring (bicyclic) bond motifs is 1. The second kappa shape index (κ2) is 9.62. The number of hydrogen-bond acceptors (Lipinski definition) is 7. The summed E-state index contributed by atoms with van der Waals surface area (Å²) in [5.41, 5.74) is 1.96. The van der Waals surface area contributed by atoms with Crippen molar-refractivity contribution in [2.24, 2.45) is 0 Å². The van der Waals surface area contributed by atoms with E-state index in [9.17, 15) is 16.8 Å². The molecule has 0 saturated carbocycles. The van der Waals surface area contributed by atoms with E-state index in [4.69, 9.17) is 11.6 Å². The Morgan fingerprint density at radius 2 is 1.68 bits per heavy atom. The zero-order chi connectivity index (χ0) is 24.5. The van der Waals surface area contributed by atoms with Gasteiger partial charge >= 0.3 is 0 Å². The maximum atomic E-state index is 12.6. The van der Waals surface area contributed by atoms with Gasteiger partial charge in [0.1, 0.15) is 5.82 Å². The van der Waals surface area contributed by atoms with Crippen LogP contribution in [0.15, 0.2) is 75.1 Å². The molecule has 2 aromatic heterocycles. The molecule has 9 nitrogen and oxygen atoms in total. The van der Waals surface area contributed by atoms with Crippen molar-refractivity contribution in [1.82, 2.24) is 19.3 Å². The summed E-state index contributed by atoms with van der Waals surface area (Å²) in [4.78, 5) is 4.66. The van der Waals surface area contributed by atoms with Gasteiger partial charge in [-0.05, 0) is 46.3 Å². The molecule has 0 bridgehead atoms. The lowest BCUT2D eigenvalue weighted by Crippen LogP contribution is -2.29. The molecule has 0 aliphatic rings. The second-order valence-electron chi connectivity index (χ2n) is 7.30. The van der Waals surface area contributed by atoms with E-state index in [1.807, 2.05) is 18.2 Å². The number of aromatic nitrogens is 3. The van der Waals surface area contributed by atoms with Crippen LogP contribution < -0.4 is 10.0 Å². The van der Waals surface area contributed by atoms with Gasteiger partial charge in [0.15, 0.2) is 15.5 Å². The highest BCUT2D eigenvalue weighted by atomic mass is 79.9. The molecule has 34 heavy (non-hydrogen) atoms. The van der Waals surface area contributed by atoms with Crippen molar-refractivity contribution < 1.29 is 16.8 Å². The van der Waals surface area contributed by atoms with Crippen molar-refractivity contribution in [2.45, 2.75) is 9.79 Å². The lowest BCUT2D eigenvalue weighted by Gasteiger charge is -2.12. The number of anilines is 1. The molecule has 0 spiro atoms. The molecular formula is C21H19BrClN5O4S2. The minimum atomic E-state index is -3.82. The Labute approximate surface area is 210 Å². The average Bonchev–Trinajstić information content (AvgIpc) is 3.17. The third-order valence-corrected chi connectivity index (χ3v) is 8.36. The van der Waals surface area contributed by atoms with E-state index in [-0.39, 0.29) is 22.9 Å². The first-order valence-corrected chi connectivity index (χ1v) is 14.4. The summed E-state index contributed by atoms with van der Waals surface area (Å²) in [5.74, 6) is 0.599. The van der Waals surface area contributed by atoms with Crippen LogP contribution in [0.4, 0.5) is 5.82 Å². The fraction of sp³-hybridized carbons (Fsp3) is 0.143. The van der Waals surface area contributed by atoms with Crippen LogP contribution in [0, 0.1) is 0 Å². The van der Waals surface area contributed by atoms with E-state index in [1.165, 1.54) is 24.3 Å². The maximum absolute atomic E-state index is 12.6. The molecule has 0 unspecified atom stereocenters. The van der Waals surface area contributed by atoms with Crippen molar-refractivity contribution in [3.8, 4) is 11.3 Å². The molecule has 0 radical (unpaired) electrons. The Balaban J connectivity index is 1.50. The summed E-state index contributed by atoms with van der Waals surface area (Å²) in [6, 6.07) is 14.2. The lowest BCUT2D eigenvalue weighted by molar-refractivity contribution is 0.582. The molecule has 2 aromatic carbocycles. The van der Waals surface area contributed by atoms with Crippen LogP contribution in [0.25, 0.3) is 16.9 Å². The van der Waals surface area contributed by atoms with Crippen molar-refractivity contribution in [3.63, 3.8) is 0 Å². The van der Waals surface area contributed by atoms with Crippen LogP contribution in [0.3, 0.4) is 0 Å². The van der Waals surface area contributed by atoms with E-state index in [2.05, 4.69) is 36.1 Å². The fourth-order valence-corrected chi connectivity index (χ4v) is 5.44. The second-order valence-corrected chi connectivity index (χ2v) is 12.3. The summed E-state index contributed by atoms with van der Waals surface area (Å²) < 4.78 is 53.1. The fourth-order valence-electron chi connectivity index (χ4n) is 3.19. The zero-order valence-corrected chi connectivity index (χ0v) is 21.7. The third kappa shape index (κ3) is 5.26. The van der Waals surface area contributed by atoms with Gasteiger partial charge in [-0.15, -0.1) is 0 Å². The van der Waals surface area contributed by atoms with E-state index in [0.717, 1.165) is 11.8 Å². The van der Waals surface area contributed by atoms with E-state index < -0.39 is 19.9 Å². The third-order valence-electron chi connectivity index (χ3n) is 4.86. The number of nitrogens with zero attached hydrogens (tertiary/aromatic N) is 3. The lowest BCUT2D eigenvalue weighted by atomic mass is 10.1. The van der Waals surface area contributed by atoms with Gasteiger partial charge in [0, 0.05) is 36.0 Å². The van der Waals surface area contributed by atoms with Crippen molar-refractivity contribution >= 4 is 58.9 Å². The van der Waals surface area contributed by atoms with Crippen LogP contribution in [-0.4, -0.2) is 50.8 Å². The van der Waals surface area contributed by atoms with Gasteiger partial charge in [-0.1, -0.05) is 29.8 Å². The minimum absolute atomic E-state index is 0.0248. The quantitative estimate of drug-likeness (QED) is 0.303. The highest BCUT2D eigenvalue weighted by molar-refractivity contribution is 9.10. The summed E-state index contributed by atoms with van der Waals surface area (Å²) in [6.07, 6.45) is 2.68. The number of rotatable bonds is 8. The van der Waals surface area contributed by atoms with Gasteiger partial charge < -0.3 is 5.32 Å². The van der Waals surface area contributed by atoms with Crippen LogP contribution >= 0.6 is 27.5 Å². The van der Waals surface area contributed by atoms with Crippen LogP contribution in [0.2, 0.25) is 5.02 Å². The molecule has 0 atom stereocenters. The van der Waals surface area contributed by atoms with Gasteiger partial charge in [0.2, 0.25) is 10.0 Å². The highest BCUT2D eigenvalue weighted by Gasteiger charge is 2.16. The summed E-state index contributed by atoms with van der Waals surface area (Å²) in [6.45, 7) is 0.322. The number of sulfone groups is 1. The molecule has 4 rings (SSSR count). The normalized spacial score (nSPS) is 12.2. The molecule has 2 heterocycles. The number of benzene rings is 2. The number of nitrogens with one attached hydrogen (secondary N) is 2. The minimum Gasteiger partial charge on any atom is -0.369 e. The standard InChI is InChI=1S/C21H19BrClN5O4S2/c1-33(29,30)14-6-8-15(9-7-14)34(31,32)26-11-10-24-20-12-19(16-4-2-3-5-18(16)23)27-21-17(22)13-25-28(20)21/h2-9,12-13,24,26H,10-11H2,1H3. The first-order chi connectivity index (χ1) is 16.1. The van der Waals surface area contributed by atoms with Crippen LogP contribution in [0.5, 0.6) is 0 Å². The first kappa shape index (κ1) is 24.6. The first-order valence-electron chi connectivity index (χ1n) is 9.89. The molecular weight excluding hydrogens is 566 g/mol. The highest BCUT2D eigenvalue weighted by Crippen LogP contribution is 2.30. The smallest absolute Gasteiger partial charge is 0.240 e. The average molecular weight is 585 g/mol. The predicted molar refractivity (Wildman–Crippen MR) is 134 cm³/mol. The van der Waals surface area contributed by atoms with E-state index in [1.54, 1.807) is 22.8 Å². The molecule has 13 heteroatoms. The molecule has 0 amide bonds. The Morgan fingerprint density at radius 1 is 1.00 bits per heavy atom. The van der Waals surface area contributed by atoms with Gasteiger partial charge in [-0.25, -0.2) is 26.5 Å². The molecule has 178 valence electrons. The number of hydrogen-bond donors (Lipinski definition) is 2. The van der Waals surface area contributed by atoms with E-state index in [0.29, 0.717) is 26.7 Å². The molecule has 0 aliphatic heterocycles. The summed E-state index contributed by atoms with van der Waals surface area (Å²) in [7, 11) is -7.23. The summed E-state index contributed by atoms with van der Waals surface area (Å²) in [5, 5.41) is 8.03. The van der Waals surface area contributed by atoms with Crippen molar-refractivity contribution in [1.29, 1.82) is 0 Å². The molecule has 2 N–H and O–H groups in total. The molecule has 0 aliphatic carbocycles. The Hall–Kier alpha value is -2.51. The number of sulfonamides is 1. The van der Waals surface area contributed by atoms with Crippen LogP contribution in [-0.2, 0) is 19.9 Å². The van der Waals surface area contributed by atoms with Gasteiger partial charge in [-0.2, -0.15) is 9.61 Å². The van der Waals surface area contributed by atoms with Crippen molar-refractivity contribution in [3.05, 3.63) is 70.3 Å². The largest absolute Gasteiger partial charge is 0.369 e. The Kier molecular flexibility index (Phi) is 6.97. The molecule has 0 fully saturated rings. The molecule has 4 aromatic rings. The van der Waals surface area contributed by atoms with E-state index >= 15 is 0 Å². The number of halogens is 2. The predicted octanol–water partition coefficient (Wildman–Crippen LogP) is 3.61. The zero-order valence-electron chi connectivity index (χ0n) is 17.7. The molecule has 0 saturated heterocycles. The van der Waals surface area contributed by atoms with Gasteiger partial charge in [-0.3, -0.25) is 0 Å². The maximum Gasteiger partial charge on any atom is 0.240 e. The Morgan fingerprint density at radius 3 is 2.35 bits per heavy atom. The monoisotopic (exact) mass is 583 g/mol. The summed E-state index contributed by atoms with van der Waals surface area (Å²) >= 11 is 9.78. The van der Waals surface area contributed by atoms with Crippen LogP contribution in [0.1, 0.15) is 0 Å². The van der Waals surface area contributed by atoms with Crippen molar-refractivity contribution in [2.75, 3.05) is 24.7 Å². The van der Waals surface area contributed by atoms with Gasteiger partial charge in [0.25, 0.3) is 0 Å². The Bertz CT molecular complexity index is 1570. The van der Waals surface area contributed by atoms with Gasteiger partial charge in [0.05, 0.1) is 26.2 Å². The SMILES string of the molecule is CS(=O)(=O)c1ccc(S(=O)(=O)NCCNc2cc(-c3ccccc3Cl)nc3c(Br)cnn23)cc1. The topological polar surface area (TPSA) is 123 Å².